The minimum absolute atomic E-state index is 0.0624. The van der Waals surface area contributed by atoms with Crippen LogP contribution in [0.5, 0.6) is 5.75 Å². The van der Waals surface area contributed by atoms with Gasteiger partial charge in [-0.2, -0.15) is 11.3 Å². The molecule has 0 aliphatic rings. The number of hydrogen-bond donors (Lipinski definition) is 2. The molecule has 0 aliphatic carbocycles. The number of ether oxygens (including phenoxy) is 1. The van der Waals surface area contributed by atoms with Crippen molar-refractivity contribution in [3.05, 3.63) is 52.7 Å². The van der Waals surface area contributed by atoms with Gasteiger partial charge in [0.15, 0.2) is 5.96 Å². The molecule has 4 nitrogen and oxygen atoms in total. The summed E-state index contributed by atoms with van der Waals surface area (Å²) in [4.78, 5) is 4.58. The standard InChI is InChI=1S/C17H23N3OS/c1-3-18-17(20-12-15-9-10-22-13-15)19-11-14(2)21-16-7-5-4-6-8-16/h4-10,13-14H,3,11-12H2,1-2H3,(H2,18,19,20). The molecular formula is C17H23N3OS. The molecule has 0 radical (unpaired) electrons. The Bertz CT molecular complexity index is 555. The summed E-state index contributed by atoms with van der Waals surface area (Å²) in [5, 5.41) is 10.8. The number of aliphatic imine (C=N–C) groups is 1. The first kappa shape index (κ1) is 16.4. The van der Waals surface area contributed by atoms with Gasteiger partial charge in [-0.15, -0.1) is 0 Å². The average Bonchev–Trinajstić information content (AvgIpc) is 3.04. The summed E-state index contributed by atoms with van der Waals surface area (Å²) in [6.45, 7) is 6.33. The largest absolute Gasteiger partial charge is 0.489 e. The smallest absolute Gasteiger partial charge is 0.191 e. The van der Waals surface area contributed by atoms with Crippen molar-refractivity contribution in [2.24, 2.45) is 4.99 Å². The SMILES string of the molecule is CCNC(=NCc1ccsc1)NCC(C)Oc1ccccc1. The van der Waals surface area contributed by atoms with E-state index in [9.17, 15) is 0 Å². The van der Waals surface area contributed by atoms with Gasteiger partial charge in [-0.1, -0.05) is 18.2 Å². The van der Waals surface area contributed by atoms with Crippen molar-refractivity contribution in [2.45, 2.75) is 26.5 Å². The second kappa shape index (κ2) is 9.10. The van der Waals surface area contributed by atoms with E-state index in [2.05, 4.69) is 39.4 Å². The maximum absolute atomic E-state index is 5.85. The van der Waals surface area contributed by atoms with Gasteiger partial charge in [-0.25, -0.2) is 4.99 Å². The van der Waals surface area contributed by atoms with Crippen LogP contribution in [0.1, 0.15) is 19.4 Å². The summed E-state index contributed by atoms with van der Waals surface area (Å²) in [6, 6.07) is 12.0. The zero-order valence-corrected chi connectivity index (χ0v) is 13.9. The van der Waals surface area contributed by atoms with Crippen LogP contribution < -0.4 is 15.4 Å². The molecule has 0 fully saturated rings. The molecule has 1 atom stereocenters. The number of guanidine groups is 1. The van der Waals surface area contributed by atoms with E-state index in [1.54, 1.807) is 11.3 Å². The number of nitrogens with zero attached hydrogens (tertiary/aromatic N) is 1. The first-order valence-electron chi connectivity index (χ1n) is 7.53. The Labute approximate surface area is 136 Å². The Balaban J connectivity index is 1.81. The van der Waals surface area contributed by atoms with E-state index in [0.717, 1.165) is 18.3 Å². The Hall–Kier alpha value is -2.01. The van der Waals surface area contributed by atoms with E-state index in [4.69, 9.17) is 4.74 Å². The molecule has 118 valence electrons. The normalized spacial score (nSPS) is 12.7. The molecule has 5 heteroatoms. The Kier molecular flexibility index (Phi) is 6.77. The lowest BCUT2D eigenvalue weighted by Crippen LogP contribution is -2.41. The van der Waals surface area contributed by atoms with Crippen LogP contribution in [0.3, 0.4) is 0 Å². The quantitative estimate of drug-likeness (QED) is 0.608. The third-order valence-electron chi connectivity index (χ3n) is 2.98. The second-order valence-corrected chi connectivity index (χ2v) is 5.73. The van der Waals surface area contributed by atoms with E-state index >= 15 is 0 Å². The monoisotopic (exact) mass is 317 g/mol. The summed E-state index contributed by atoms with van der Waals surface area (Å²) in [7, 11) is 0. The molecule has 1 aromatic heterocycles. The lowest BCUT2D eigenvalue weighted by atomic mass is 10.3. The molecule has 2 N–H and O–H groups in total. The van der Waals surface area contributed by atoms with E-state index in [1.165, 1.54) is 5.56 Å². The predicted octanol–water partition coefficient (Wildman–Crippen LogP) is 3.27. The fraction of sp³-hybridized carbons (Fsp3) is 0.353. The van der Waals surface area contributed by atoms with Crippen molar-refractivity contribution in [3.8, 4) is 5.75 Å². The van der Waals surface area contributed by atoms with E-state index in [1.807, 2.05) is 37.3 Å². The summed E-state index contributed by atoms with van der Waals surface area (Å²) >= 11 is 1.69. The van der Waals surface area contributed by atoms with Gasteiger partial charge < -0.3 is 15.4 Å². The molecule has 0 saturated carbocycles. The lowest BCUT2D eigenvalue weighted by molar-refractivity contribution is 0.224. The lowest BCUT2D eigenvalue weighted by Gasteiger charge is -2.17. The summed E-state index contributed by atoms with van der Waals surface area (Å²) < 4.78 is 5.85. The van der Waals surface area contributed by atoms with Crippen molar-refractivity contribution in [1.29, 1.82) is 0 Å². The molecule has 2 rings (SSSR count). The molecule has 0 saturated heterocycles. The first-order valence-corrected chi connectivity index (χ1v) is 8.47. The molecule has 0 aliphatic heterocycles. The van der Waals surface area contributed by atoms with Gasteiger partial charge in [0.05, 0.1) is 13.1 Å². The number of rotatable bonds is 7. The van der Waals surface area contributed by atoms with Crippen LogP contribution in [-0.2, 0) is 6.54 Å². The van der Waals surface area contributed by atoms with Gasteiger partial charge in [0.1, 0.15) is 11.9 Å². The summed E-state index contributed by atoms with van der Waals surface area (Å²) in [6.07, 6.45) is 0.0624. The number of benzene rings is 1. The maximum atomic E-state index is 5.85. The Morgan fingerprint density at radius 1 is 1.23 bits per heavy atom. The molecule has 1 heterocycles. The minimum atomic E-state index is 0.0624. The van der Waals surface area contributed by atoms with Gasteiger partial charge in [0.2, 0.25) is 0 Å². The van der Waals surface area contributed by atoms with E-state index < -0.39 is 0 Å². The fourth-order valence-corrected chi connectivity index (χ4v) is 2.57. The van der Waals surface area contributed by atoms with Crippen molar-refractivity contribution in [2.75, 3.05) is 13.1 Å². The van der Waals surface area contributed by atoms with E-state index in [0.29, 0.717) is 13.1 Å². The third kappa shape index (κ3) is 5.77. The van der Waals surface area contributed by atoms with Gasteiger partial charge in [0, 0.05) is 6.54 Å². The number of para-hydroxylation sites is 1. The third-order valence-corrected chi connectivity index (χ3v) is 3.71. The van der Waals surface area contributed by atoms with Crippen molar-refractivity contribution in [3.63, 3.8) is 0 Å². The molecule has 2 aromatic rings. The van der Waals surface area contributed by atoms with Gasteiger partial charge in [-0.05, 0) is 48.4 Å². The highest BCUT2D eigenvalue weighted by Gasteiger charge is 2.05. The van der Waals surface area contributed by atoms with Crippen LogP contribution >= 0.6 is 11.3 Å². The van der Waals surface area contributed by atoms with Gasteiger partial charge >= 0.3 is 0 Å². The number of hydrogen-bond acceptors (Lipinski definition) is 3. The van der Waals surface area contributed by atoms with Crippen molar-refractivity contribution < 1.29 is 4.74 Å². The highest BCUT2D eigenvalue weighted by Crippen LogP contribution is 2.10. The van der Waals surface area contributed by atoms with Crippen LogP contribution in [0.4, 0.5) is 0 Å². The summed E-state index contributed by atoms with van der Waals surface area (Å²) in [5.74, 6) is 1.70. The minimum Gasteiger partial charge on any atom is -0.489 e. The topological polar surface area (TPSA) is 45.7 Å². The van der Waals surface area contributed by atoms with Crippen LogP contribution in [0.2, 0.25) is 0 Å². The fourth-order valence-electron chi connectivity index (χ4n) is 1.91. The molecule has 0 spiro atoms. The molecule has 22 heavy (non-hydrogen) atoms. The first-order chi connectivity index (χ1) is 10.8. The molecule has 0 amide bonds. The summed E-state index contributed by atoms with van der Waals surface area (Å²) in [5.41, 5.74) is 1.23. The average molecular weight is 317 g/mol. The van der Waals surface area contributed by atoms with Crippen LogP contribution in [-0.4, -0.2) is 25.2 Å². The van der Waals surface area contributed by atoms with Crippen LogP contribution in [0, 0.1) is 0 Å². The maximum Gasteiger partial charge on any atom is 0.191 e. The number of nitrogens with one attached hydrogen (secondary N) is 2. The molecule has 1 aromatic carbocycles. The number of thiophene rings is 1. The second-order valence-electron chi connectivity index (χ2n) is 4.95. The predicted molar refractivity (Wildman–Crippen MR) is 93.7 cm³/mol. The van der Waals surface area contributed by atoms with E-state index in [-0.39, 0.29) is 6.10 Å². The van der Waals surface area contributed by atoms with Gasteiger partial charge in [0.25, 0.3) is 0 Å². The molecule has 1 unspecified atom stereocenters. The highest BCUT2D eigenvalue weighted by atomic mass is 32.1. The Morgan fingerprint density at radius 2 is 2.05 bits per heavy atom. The highest BCUT2D eigenvalue weighted by molar-refractivity contribution is 7.07. The molecular weight excluding hydrogens is 294 g/mol. The van der Waals surface area contributed by atoms with Crippen molar-refractivity contribution in [1.82, 2.24) is 10.6 Å². The zero-order valence-electron chi connectivity index (χ0n) is 13.1. The Morgan fingerprint density at radius 3 is 2.73 bits per heavy atom. The van der Waals surface area contributed by atoms with Crippen LogP contribution in [0.25, 0.3) is 0 Å². The molecule has 0 bridgehead atoms. The van der Waals surface area contributed by atoms with Crippen LogP contribution in [0.15, 0.2) is 52.2 Å². The zero-order chi connectivity index (χ0) is 15.6. The van der Waals surface area contributed by atoms with Crippen molar-refractivity contribution >= 4 is 17.3 Å². The van der Waals surface area contributed by atoms with Gasteiger partial charge in [-0.3, -0.25) is 0 Å².